The third-order valence-corrected chi connectivity index (χ3v) is 2.12. The molecule has 0 aliphatic heterocycles. The second-order valence-electron chi connectivity index (χ2n) is 3.24. The first-order chi connectivity index (χ1) is 6.18. The van der Waals surface area contributed by atoms with E-state index in [1.807, 2.05) is 20.0 Å². The van der Waals surface area contributed by atoms with E-state index in [1.165, 1.54) is 0 Å². The molecule has 2 aromatic rings. The Balaban J connectivity index is 0.000000980. The summed E-state index contributed by atoms with van der Waals surface area (Å²) in [6.45, 7) is 1.94. The zero-order valence-corrected chi connectivity index (χ0v) is 8.95. The smallest absolute Gasteiger partial charge is 0.157 e. The van der Waals surface area contributed by atoms with Crippen molar-refractivity contribution in [2.75, 3.05) is 0 Å². The van der Waals surface area contributed by atoms with Gasteiger partial charge < -0.3 is 5.73 Å². The fourth-order valence-corrected chi connectivity index (χ4v) is 1.31. The number of pyridine rings is 1. The van der Waals surface area contributed by atoms with Gasteiger partial charge in [-0.25, -0.2) is 4.98 Å². The van der Waals surface area contributed by atoms with Gasteiger partial charge in [0.2, 0.25) is 0 Å². The summed E-state index contributed by atoms with van der Waals surface area (Å²) in [5.74, 6) is 0. The molecule has 5 heteroatoms. The molecule has 2 rings (SSSR count). The maximum absolute atomic E-state index is 5.74. The highest BCUT2D eigenvalue weighted by molar-refractivity contribution is 5.85. The average Bonchev–Trinajstić information content (AvgIpc) is 2.47. The quantitative estimate of drug-likeness (QED) is 0.778. The van der Waals surface area contributed by atoms with Gasteiger partial charge >= 0.3 is 0 Å². The third-order valence-electron chi connectivity index (χ3n) is 2.12. The Bertz CT molecular complexity index is 435. The predicted molar refractivity (Wildman–Crippen MR) is 58.4 cm³/mol. The first-order valence-corrected chi connectivity index (χ1v) is 4.21. The van der Waals surface area contributed by atoms with Crippen LogP contribution in [0.2, 0.25) is 0 Å². The van der Waals surface area contributed by atoms with Crippen LogP contribution in [0.15, 0.2) is 18.5 Å². The molecule has 0 aliphatic carbocycles. The number of hydrogen-bond donors (Lipinski definition) is 1. The van der Waals surface area contributed by atoms with Crippen molar-refractivity contribution in [3.63, 3.8) is 0 Å². The van der Waals surface area contributed by atoms with Crippen LogP contribution in [0.3, 0.4) is 0 Å². The summed E-state index contributed by atoms with van der Waals surface area (Å²) in [5, 5.41) is 5.15. The number of nitrogens with zero attached hydrogens (tertiary/aromatic N) is 3. The lowest BCUT2D eigenvalue weighted by molar-refractivity contribution is 0.782. The summed E-state index contributed by atoms with van der Waals surface area (Å²) in [6, 6.07) is 2.05. The summed E-state index contributed by atoms with van der Waals surface area (Å²) in [4.78, 5) is 4.28. The van der Waals surface area contributed by atoms with Crippen molar-refractivity contribution in [3.8, 4) is 0 Å². The molecular formula is C9H13ClN4. The highest BCUT2D eigenvalue weighted by Gasteiger charge is 2.04. The fraction of sp³-hybridized carbons (Fsp3) is 0.333. The van der Waals surface area contributed by atoms with E-state index in [4.69, 9.17) is 5.73 Å². The SMILES string of the molecule is C[C@@H](N)c1cnc2c(cnn2C)c1.Cl. The van der Waals surface area contributed by atoms with Crippen LogP contribution in [0.25, 0.3) is 11.0 Å². The Morgan fingerprint density at radius 1 is 1.43 bits per heavy atom. The Labute approximate surface area is 88.5 Å². The zero-order valence-electron chi connectivity index (χ0n) is 8.14. The van der Waals surface area contributed by atoms with E-state index in [0.717, 1.165) is 16.6 Å². The maximum atomic E-state index is 5.74. The predicted octanol–water partition coefficient (Wildman–Crippen LogP) is 1.41. The molecular weight excluding hydrogens is 200 g/mol. The monoisotopic (exact) mass is 212 g/mol. The maximum Gasteiger partial charge on any atom is 0.157 e. The van der Waals surface area contributed by atoms with Crippen LogP contribution in [0.5, 0.6) is 0 Å². The second-order valence-corrected chi connectivity index (χ2v) is 3.24. The molecule has 2 heterocycles. The number of rotatable bonds is 1. The molecule has 0 fully saturated rings. The largest absolute Gasteiger partial charge is 0.324 e. The molecule has 0 unspecified atom stereocenters. The van der Waals surface area contributed by atoms with Crippen molar-refractivity contribution in [1.29, 1.82) is 0 Å². The van der Waals surface area contributed by atoms with Crippen molar-refractivity contribution >= 4 is 23.4 Å². The minimum Gasteiger partial charge on any atom is -0.324 e. The molecule has 76 valence electrons. The van der Waals surface area contributed by atoms with E-state index in [-0.39, 0.29) is 18.4 Å². The normalized spacial score (nSPS) is 12.5. The van der Waals surface area contributed by atoms with Crippen molar-refractivity contribution in [2.24, 2.45) is 12.8 Å². The van der Waals surface area contributed by atoms with E-state index in [1.54, 1.807) is 17.1 Å². The van der Waals surface area contributed by atoms with Crippen molar-refractivity contribution in [1.82, 2.24) is 14.8 Å². The molecule has 0 bridgehead atoms. The molecule has 0 spiro atoms. The van der Waals surface area contributed by atoms with Gasteiger partial charge in [0.1, 0.15) is 0 Å². The van der Waals surface area contributed by atoms with Gasteiger partial charge in [-0.1, -0.05) is 0 Å². The number of hydrogen-bond acceptors (Lipinski definition) is 3. The summed E-state index contributed by atoms with van der Waals surface area (Å²) in [6.07, 6.45) is 3.60. The second kappa shape index (κ2) is 3.94. The molecule has 4 nitrogen and oxygen atoms in total. The zero-order chi connectivity index (χ0) is 9.42. The Kier molecular flexibility index (Phi) is 3.08. The van der Waals surface area contributed by atoms with Gasteiger partial charge in [-0.15, -0.1) is 12.4 Å². The topological polar surface area (TPSA) is 56.7 Å². The van der Waals surface area contributed by atoms with Crippen molar-refractivity contribution in [2.45, 2.75) is 13.0 Å². The number of nitrogens with two attached hydrogens (primary N) is 1. The van der Waals surface area contributed by atoms with Gasteiger partial charge in [0.15, 0.2) is 5.65 Å². The molecule has 0 radical (unpaired) electrons. The standard InChI is InChI=1S/C9H12N4.ClH/c1-6(10)7-3-8-5-12-13(2)9(8)11-4-7;/h3-6H,10H2,1-2H3;1H/t6-;/m1./s1. The fourth-order valence-electron chi connectivity index (χ4n) is 1.31. The highest BCUT2D eigenvalue weighted by atomic mass is 35.5. The highest BCUT2D eigenvalue weighted by Crippen LogP contribution is 2.15. The van der Waals surface area contributed by atoms with Gasteiger partial charge in [-0.2, -0.15) is 5.10 Å². The summed E-state index contributed by atoms with van der Waals surface area (Å²) in [5.41, 5.74) is 7.68. The van der Waals surface area contributed by atoms with E-state index < -0.39 is 0 Å². The first kappa shape index (κ1) is 10.9. The van der Waals surface area contributed by atoms with Gasteiger partial charge in [0, 0.05) is 24.7 Å². The van der Waals surface area contributed by atoms with Crippen molar-refractivity contribution < 1.29 is 0 Å². The molecule has 2 N–H and O–H groups in total. The minimum absolute atomic E-state index is 0. The number of halogens is 1. The van der Waals surface area contributed by atoms with E-state index in [9.17, 15) is 0 Å². The molecule has 2 aromatic heterocycles. The van der Waals surface area contributed by atoms with Crippen LogP contribution in [-0.4, -0.2) is 14.8 Å². The molecule has 0 saturated carbocycles. The lowest BCUT2D eigenvalue weighted by atomic mass is 10.1. The van der Waals surface area contributed by atoms with Crippen LogP contribution in [0.4, 0.5) is 0 Å². The molecule has 1 atom stereocenters. The number of aromatic nitrogens is 3. The van der Waals surface area contributed by atoms with Crippen LogP contribution in [0, 0.1) is 0 Å². The number of fused-ring (bicyclic) bond motifs is 1. The number of aryl methyl sites for hydroxylation is 1. The van der Waals surface area contributed by atoms with E-state index in [2.05, 4.69) is 10.1 Å². The Morgan fingerprint density at radius 3 is 2.79 bits per heavy atom. The van der Waals surface area contributed by atoms with Gasteiger partial charge in [-0.3, -0.25) is 4.68 Å². The lowest BCUT2D eigenvalue weighted by Crippen LogP contribution is -2.05. The van der Waals surface area contributed by atoms with Gasteiger partial charge in [0.05, 0.1) is 6.20 Å². The van der Waals surface area contributed by atoms with E-state index >= 15 is 0 Å². The molecule has 14 heavy (non-hydrogen) atoms. The summed E-state index contributed by atoms with van der Waals surface area (Å²) < 4.78 is 1.75. The lowest BCUT2D eigenvalue weighted by Gasteiger charge is -2.03. The summed E-state index contributed by atoms with van der Waals surface area (Å²) in [7, 11) is 1.88. The minimum atomic E-state index is 0. The molecule has 0 aromatic carbocycles. The van der Waals surface area contributed by atoms with Crippen LogP contribution >= 0.6 is 12.4 Å². The Morgan fingerprint density at radius 2 is 2.14 bits per heavy atom. The first-order valence-electron chi connectivity index (χ1n) is 4.21. The van der Waals surface area contributed by atoms with Crippen LogP contribution in [0.1, 0.15) is 18.5 Å². The molecule has 0 amide bonds. The molecule has 0 aliphatic rings. The Hall–Kier alpha value is -1.13. The van der Waals surface area contributed by atoms with Crippen LogP contribution in [-0.2, 0) is 7.05 Å². The van der Waals surface area contributed by atoms with Crippen molar-refractivity contribution in [3.05, 3.63) is 24.0 Å². The third kappa shape index (κ3) is 1.71. The van der Waals surface area contributed by atoms with Gasteiger partial charge in [0.25, 0.3) is 0 Å². The van der Waals surface area contributed by atoms with E-state index in [0.29, 0.717) is 0 Å². The summed E-state index contributed by atoms with van der Waals surface area (Å²) >= 11 is 0. The molecule has 0 saturated heterocycles. The average molecular weight is 213 g/mol. The van der Waals surface area contributed by atoms with Crippen LogP contribution < -0.4 is 5.73 Å². The van der Waals surface area contributed by atoms with Gasteiger partial charge in [-0.05, 0) is 18.6 Å².